The first-order chi connectivity index (χ1) is 11.3. The molecule has 0 N–H and O–H groups in total. The highest BCUT2D eigenvalue weighted by Gasteiger charge is 2.29. The van der Waals surface area contributed by atoms with Gasteiger partial charge in [-0.05, 0) is 57.9 Å². The average Bonchev–Trinajstić information content (AvgIpc) is 2.52. The van der Waals surface area contributed by atoms with Gasteiger partial charge in [0.2, 0.25) is 0 Å². The number of rotatable bonds is 4. The predicted molar refractivity (Wildman–Crippen MR) is 99.8 cm³/mol. The van der Waals surface area contributed by atoms with Crippen LogP contribution in [0.15, 0.2) is 36.9 Å². The fourth-order valence-corrected chi connectivity index (χ4v) is 3.05. The van der Waals surface area contributed by atoms with E-state index < -0.39 is 5.60 Å². The second kappa shape index (κ2) is 7.93. The Bertz CT molecular complexity index is 558. The lowest BCUT2D eigenvalue weighted by atomic mass is 10.0. The lowest BCUT2D eigenvalue weighted by Crippen LogP contribution is -2.48. The highest BCUT2D eigenvalue weighted by atomic mass is 35.5. The van der Waals surface area contributed by atoms with Crippen molar-refractivity contribution >= 4 is 23.4 Å². The molecule has 4 nitrogen and oxygen atoms in total. The molecule has 1 aromatic rings. The molecule has 2 rings (SSSR count). The van der Waals surface area contributed by atoms with Gasteiger partial charge in [0.25, 0.3) is 0 Å². The van der Waals surface area contributed by atoms with Gasteiger partial charge < -0.3 is 14.5 Å². The highest BCUT2D eigenvalue weighted by Crippen LogP contribution is 2.25. The number of benzene rings is 1. The van der Waals surface area contributed by atoms with Gasteiger partial charge >= 0.3 is 6.09 Å². The molecule has 0 bridgehead atoms. The SMILES string of the molecule is C=CCN(c1ccc(Cl)cc1)C1CCN(C(=O)OC(C)(C)C)CC1. The van der Waals surface area contributed by atoms with Crippen molar-refractivity contribution in [3.8, 4) is 0 Å². The maximum absolute atomic E-state index is 12.2. The lowest BCUT2D eigenvalue weighted by molar-refractivity contribution is 0.0205. The summed E-state index contributed by atoms with van der Waals surface area (Å²) in [6, 6.07) is 8.26. The summed E-state index contributed by atoms with van der Waals surface area (Å²) in [5.41, 5.74) is 0.682. The van der Waals surface area contributed by atoms with Crippen LogP contribution in [-0.2, 0) is 4.74 Å². The fraction of sp³-hybridized carbons (Fsp3) is 0.526. The Hall–Kier alpha value is -1.68. The Labute approximate surface area is 150 Å². The average molecular weight is 351 g/mol. The maximum Gasteiger partial charge on any atom is 0.410 e. The number of halogens is 1. The largest absolute Gasteiger partial charge is 0.444 e. The fourth-order valence-electron chi connectivity index (χ4n) is 2.92. The van der Waals surface area contributed by atoms with E-state index in [1.54, 1.807) is 4.90 Å². The molecule has 0 spiro atoms. The topological polar surface area (TPSA) is 32.8 Å². The number of nitrogens with zero attached hydrogens (tertiary/aromatic N) is 2. The third kappa shape index (κ3) is 5.17. The smallest absolute Gasteiger partial charge is 0.410 e. The minimum Gasteiger partial charge on any atom is -0.444 e. The Morgan fingerprint density at radius 1 is 1.33 bits per heavy atom. The molecule has 1 amide bonds. The van der Waals surface area contributed by atoms with Crippen molar-refractivity contribution in [3.05, 3.63) is 41.9 Å². The van der Waals surface area contributed by atoms with Crippen LogP contribution in [0.2, 0.25) is 5.02 Å². The molecule has 24 heavy (non-hydrogen) atoms. The van der Waals surface area contributed by atoms with Crippen LogP contribution < -0.4 is 4.90 Å². The second-order valence-electron chi connectivity index (χ2n) is 7.12. The van der Waals surface area contributed by atoms with Crippen molar-refractivity contribution in [3.63, 3.8) is 0 Å². The number of ether oxygens (including phenoxy) is 1. The molecule has 1 heterocycles. The van der Waals surface area contributed by atoms with Gasteiger partial charge in [0.1, 0.15) is 5.60 Å². The molecule has 1 fully saturated rings. The highest BCUT2D eigenvalue weighted by molar-refractivity contribution is 6.30. The Morgan fingerprint density at radius 3 is 2.42 bits per heavy atom. The standard InChI is InChI=1S/C19H27ClN2O2/c1-5-12-22(16-8-6-15(20)7-9-16)17-10-13-21(14-11-17)18(23)24-19(2,3)4/h5-9,17H,1,10-14H2,2-4H3. The van der Waals surface area contributed by atoms with E-state index in [1.807, 2.05) is 51.1 Å². The van der Waals surface area contributed by atoms with Crippen LogP contribution in [-0.4, -0.2) is 42.3 Å². The third-order valence-electron chi connectivity index (χ3n) is 4.04. The Kier molecular flexibility index (Phi) is 6.16. The van der Waals surface area contributed by atoms with Crippen LogP contribution >= 0.6 is 11.6 Å². The van der Waals surface area contributed by atoms with E-state index >= 15 is 0 Å². The van der Waals surface area contributed by atoms with Crippen molar-refractivity contribution in [2.75, 3.05) is 24.5 Å². The summed E-state index contributed by atoms with van der Waals surface area (Å²) in [6.45, 7) is 11.7. The number of hydrogen-bond acceptors (Lipinski definition) is 3. The molecule has 5 heteroatoms. The van der Waals surface area contributed by atoms with Gasteiger partial charge in [0.05, 0.1) is 0 Å². The molecule has 1 aromatic carbocycles. The van der Waals surface area contributed by atoms with Gasteiger partial charge in [-0.25, -0.2) is 4.79 Å². The molecule has 0 aromatic heterocycles. The maximum atomic E-state index is 12.2. The van der Waals surface area contributed by atoms with Crippen LogP contribution in [0.4, 0.5) is 10.5 Å². The van der Waals surface area contributed by atoms with Crippen LogP contribution in [0.25, 0.3) is 0 Å². The summed E-state index contributed by atoms with van der Waals surface area (Å²) in [7, 11) is 0. The molecule has 1 saturated heterocycles. The number of hydrogen-bond donors (Lipinski definition) is 0. The number of piperidine rings is 1. The zero-order chi connectivity index (χ0) is 17.7. The van der Waals surface area contributed by atoms with Gasteiger partial charge in [0, 0.05) is 36.4 Å². The van der Waals surface area contributed by atoms with Gasteiger partial charge in [-0.1, -0.05) is 17.7 Å². The van der Waals surface area contributed by atoms with Crippen molar-refractivity contribution in [1.82, 2.24) is 4.90 Å². The number of carbonyl (C=O) groups excluding carboxylic acids is 1. The molecule has 132 valence electrons. The first-order valence-corrected chi connectivity index (χ1v) is 8.79. The van der Waals surface area contributed by atoms with Crippen LogP contribution in [0.3, 0.4) is 0 Å². The molecule has 1 aliphatic heterocycles. The van der Waals surface area contributed by atoms with Crippen LogP contribution in [0, 0.1) is 0 Å². The summed E-state index contributed by atoms with van der Waals surface area (Å²) < 4.78 is 5.46. The quantitative estimate of drug-likeness (QED) is 0.736. The third-order valence-corrected chi connectivity index (χ3v) is 4.29. The van der Waals surface area contributed by atoms with Crippen LogP contribution in [0.5, 0.6) is 0 Å². The van der Waals surface area contributed by atoms with Crippen molar-refractivity contribution < 1.29 is 9.53 Å². The molecule has 0 radical (unpaired) electrons. The van der Waals surface area contributed by atoms with E-state index in [0.29, 0.717) is 19.1 Å². The Morgan fingerprint density at radius 2 is 1.92 bits per heavy atom. The van der Waals surface area contributed by atoms with Crippen molar-refractivity contribution in [1.29, 1.82) is 0 Å². The number of anilines is 1. The lowest BCUT2D eigenvalue weighted by Gasteiger charge is -2.39. The summed E-state index contributed by atoms with van der Waals surface area (Å²) in [6.07, 6.45) is 3.52. The number of carbonyl (C=O) groups is 1. The molecule has 0 atom stereocenters. The van der Waals surface area contributed by atoms with E-state index in [2.05, 4.69) is 11.5 Å². The summed E-state index contributed by atoms with van der Waals surface area (Å²) in [4.78, 5) is 16.3. The zero-order valence-electron chi connectivity index (χ0n) is 14.8. The van der Waals surface area contributed by atoms with Gasteiger partial charge in [0.15, 0.2) is 0 Å². The second-order valence-corrected chi connectivity index (χ2v) is 7.55. The molecule has 0 saturated carbocycles. The minimum atomic E-state index is -0.452. The molecular formula is C19H27ClN2O2. The molecule has 0 unspecified atom stereocenters. The number of amides is 1. The summed E-state index contributed by atoms with van der Waals surface area (Å²) >= 11 is 5.99. The van der Waals surface area contributed by atoms with Gasteiger partial charge in [-0.15, -0.1) is 6.58 Å². The van der Waals surface area contributed by atoms with Gasteiger partial charge in [-0.2, -0.15) is 0 Å². The van der Waals surface area contributed by atoms with E-state index in [0.717, 1.165) is 30.1 Å². The predicted octanol–water partition coefficient (Wildman–Crippen LogP) is 4.73. The van der Waals surface area contributed by atoms with E-state index in [4.69, 9.17) is 16.3 Å². The van der Waals surface area contributed by atoms with E-state index in [1.165, 1.54) is 0 Å². The van der Waals surface area contributed by atoms with Crippen molar-refractivity contribution in [2.45, 2.75) is 45.3 Å². The molecule has 1 aliphatic rings. The van der Waals surface area contributed by atoms with Crippen molar-refractivity contribution in [2.24, 2.45) is 0 Å². The summed E-state index contributed by atoms with van der Waals surface area (Å²) in [5, 5.41) is 0.733. The Balaban J connectivity index is 1.99. The van der Waals surface area contributed by atoms with Crippen LogP contribution in [0.1, 0.15) is 33.6 Å². The van der Waals surface area contributed by atoms with Gasteiger partial charge in [-0.3, -0.25) is 0 Å². The van der Waals surface area contributed by atoms with E-state index in [9.17, 15) is 4.79 Å². The molecule has 0 aliphatic carbocycles. The minimum absolute atomic E-state index is 0.220. The van der Waals surface area contributed by atoms with E-state index in [-0.39, 0.29) is 6.09 Å². The first kappa shape index (κ1) is 18.7. The monoisotopic (exact) mass is 350 g/mol. The normalized spacial score (nSPS) is 15.9. The number of likely N-dealkylation sites (tertiary alicyclic amines) is 1. The molecular weight excluding hydrogens is 324 g/mol. The first-order valence-electron chi connectivity index (χ1n) is 8.41. The summed E-state index contributed by atoms with van der Waals surface area (Å²) in [5.74, 6) is 0. The zero-order valence-corrected chi connectivity index (χ0v) is 15.6.